The van der Waals surface area contributed by atoms with Crippen LogP contribution in [0.4, 0.5) is 0 Å². The number of hydrogen-bond acceptors (Lipinski definition) is 3. The van der Waals surface area contributed by atoms with Gasteiger partial charge in [-0.2, -0.15) is 0 Å². The molecule has 4 nitrogen and oxygen atoms in total. The summed E-state index contributed by atoms with van der Waals surface area (Å²) in [5, 5.41) is 0.768. The standard InChI is InChI=1S/C18H21Cl2NO3/c1-11-8-14(13(3)21(11)12(2)9-23-4)17(22)10-24-18-15(19)6-5-7-16(18)20/h5-8,12H,9-10H2,1-4H3. The van der Waals surface area contributed by atoms with Crippen LogP contribution in [0.1, 0.15) is 34.7 Å². The van der Waals surface area contributed by atoms with Gasteiger partial charge in [-0.25, -0.2) is 0 Å². The molecule has 0 amide bonds. The van der Waals surface area contributed by atoms with E-state index in [1.807, 2.05) is 19.9 Å². The third-order valence-corrected chi connectivity index (χ3v) is 4.50. The van der Waals surface area contributed by atoms with Crippen molar-refractivity contribution >= 4 is 29.0 Å². The van der Waals surface area contributed by atoms with Gasteiger partial charge >= 0.3 is 0 Å². The topological polar surface area (TPSA) is 40.5 Å². The monoisotopic (exact) mass is 369 g/mol. The minimum Gasteiger partial charge on any atom is -0.482 e. The minimum atomic E-state index is -0.119. The van der Waals surface area contributed by atoms with E-state index in [1.54, 1.807) is 25.3 Å². The summed E-state index contributed by atoms with van der Waals surface area (Å²) in [5.41, 5.74) is 2.55. The maximum absolute atomic E-state index is 12.6. The molecule has 1 unspecified atom stereocenters. The van der Waals surface area contributed by atoms with Crippen LogP contribution < -0.4 is 4.74 Å². The fraction of sp³-hybridized carbons (Fsp3) is 0.389. The summed E-state index contributed by atoms with van der Waals surface area (Å²) in [6.45, 7) is 6.41. The van der Waals surface area contributed by atoms with Gasteiger partial charge in [0.2, 0.25) is 5.78 Å². The lowest BCUT2D eigenvalue weighted by Gasteiger charge is -2.17. The largest absolute Gasteiger partial charge is 0.482 e. The van der Waals surface area contributed by atoms with Crippen molar-refractivity contribution in [1.82, 2.24) is 4.57 Å². The van der Waals surface area contributed by atoms with Gasteiger partial charge in [0.25, 0.3) is 0 Å². The lowest BCUT2D eigenvalue weighted by Crippen LogP contribution is -2.16. The van der Waals surface area contributed by atoms with Crippen LogP contribution in [0, 0.1) is 13.8 Å². The summed E-state index contributed by atoms with van der Waals surface area (Å²) in [6.07, 6.45) is 0. The van der Waals surface area contributed by atoms with Gasteiger partial charge in [0.1, 0.15) is 0 Å². The van der Waals surface area contributed by atoms with E-state index < -0.39 is 0 Å². The van der Waals surface area contributed by atoms with Gasteiger partial charge in [0.15, 0.2) is 12.4 Å². The zero-order chi connectivity index (χ0) is 17.9. The van der Waals surface area contributed by atoms with Crippen molar-refractivity contribution in [3.05, 3.63) is 51.3 Å². The number of halogens is 2. The Bertz CT molecular complexity index is 720. The fourth-order valence-corrected chi connectivity index (χ4v) is 3.40. The van der Waals surface area contributed by atoms with Crippen molar-refractivity contribution in [1.29, 1.82) is 0 Å². The molecule has 0 saturated carbocycles. The van der Waals surface area contributed by atoms with Crippen molar-refractivity contribution < 1.29 is 14.3 Å². The summed E-state index contributed by atoms with van der Waals surface area (Å²) < 4.78 is 12.9. The molecule has 0 spiro atoms. The molecule has 0 aliphatic carbocycles. The van der Waals surface area contributed by atoms with E-state index in [4.69, 9.17) is 32.7 Å². The zero-order valence-corrected chi connectivity index (χ0v) is 15.7. The third-order valence-electron chi connectivity index (χ3n) is 3.90. The molecule has 1 aromatic carbocycles. The summed E-state index contributed by atoms with van der Waals surface area (Å²) in [4.78, 5) is 12.6. The van der Waals surface area contributed by atoms with Crippen LogP contribution >= 0.6 is 23.2 Å². The maximum atomic E-state index is 12.6. The Kier molecular flexibility index (Phi) is 6.33. The smallest absolute Gasteiger partial charge is 0.202 e. The van der Waals surface area contributed by atoms with Crippen molar-refractivity contribution in [2.75, 3.05) is 20.3 Å². The highest BCUT2D eigenvalue weighted by molar-refractivity contribution is 6.37. The highest BCUT2D eigenvalue weighted by atomic mass is 35.5. The van der Waals surface area contributed by atoms with Gasteiger partial charge in [0.05, 0.1) is 22.7 Å². The Labute approximate surface area is 152 Å². The van der Waals surface area contributed by atoms with Gasteiger partial charge < -0.3 is 14.0 Å². The Morgan fingerprint density at radius 2 is 1.88 bits per heavy atom. The van der Waals surface area contributed by atoms with Crippen LogP contribution in [0.5, 0.6) is 5.75 Å². The number of nitrogens with zero attached hydrogens (tertiary/aromatic N) is 1. The second kappa shape index (κ2) is 8.06. The van der Waals surface area contributed by atoms with Crippen molar-refractivity contribution in [3.8, 4) is 5.75 Å². The third kappa shape index (κ3) is 3.94. The van der Waals surface area contributed by atoms with E-state index >= 15 is 0 Å². The molecule has 0 bridgehead atoms. The molecule has 0 N–H and O–H groups in total. The number of benzene rings is 1. The number of hydrogen-bond donors (Lipinski definition) is 0. The fourth-order valence-electron chi connectivity index (χ4n) is 2.89. The normalized spacial score (nSPS) is 12.2. The number of ketones is 1. The molecule has 0 fully saturated rings. The molecule has 1 aromatic heterocycles. The van der Waals surface area contributed by atoms with Crippen LogP contribution in [0.25, 0.3) is 0 Å². The molecule has 1 heterocycles. The highest BCUT2D eigenvalue weighted by Crippen LogP contribution is 2.32. The molecule has 24 heavy (non-hydrogen) atoms. The van der Waals surface area contributed by atoms with Gasteiger partial charge in [-0.1, -0.05) is 29.3 Å². The lowest BCUT2D eigenvalue weighted by molar-refractivity contribution is 0.0920. The Morgan fingerprint density at radius 3 is 2.46 bits per heavy atom. The molecule has 2 aromatic rings. The van der Waals surface area contributed by atoms with E-state index in [9.17, 15) is 4.79 Å². The molecule has 0 radical (unpaired) electrons. The minimum absolute atomic E-state index is 0.116. The molecular weight excluding hydrogens is 349 g/mol. The predicted molar refractivity (Wildman–Crippen MR) is 96.8 cm³/mol. The zero-order valence-electron chi connectivity index (χ0n) is 14.2. The van der Waals surface area contributed by atoms with Crippen LogP contribution in [-0.2, 0) is 4.74 Å². The molecule has 0 aliphatic rings. The van der Waals surface area contributed by atoms with Crippen LogP contribution in [-0.4, -0.2) is 30.7 Å². The Morgan fingerprint density at radius 1 is 1.25 bits per heavy atom. The maximum Gasteiger partial charge on any atom is 0.202 e. The number of carbonyl (C=O) groups is 1. The van der Waals surface area contributed by atoms with E-state index in [-0.39, 0.29) is 18.4 Å². The van der Waals surface area contributed by atoms with Gasteiger partial charge in [-0.3, -0.25) is 4.79 Å². The summed E-state index contributed by atoms with van der Waals surface area (Å²) in [7, 11) is 1.66. The quantitative estimate of drug-likeness (QED) is 0.652. The number of para-hydroxylation sites is 1. The Balaban J connectivity index is 2.17. The molecule has 6 heteroatoms. The van der Waals surface area contributed by atoms with E-state index in [2.05, 4.69) is 11.5 Å². The second-order valence-electron chi connectivity index (χ2n) is 5.72. The Hall–Kier alpha value is -1.49. The molecule has 0 saturated heterocycles. The number of rotatable bonds is 7. The first-order valence-electron chi connectivity index (χ1n) is 7.64. The molecule has 2 rings (SSSR count). The van der Waals surface area contributed by atoms with E-state index in [0.29, 0.717) is 28.0 Å². The number of Topliss-reactive ketones (excluding diaryl/α,β-unsaturated/α-hetero) is 1. The number of aryl methyl sites for hydroxylation is 1. The number of methoxy groups -OCH3 is 1. The van der Waals surface area contributed by atoms with Gasteiger partial charge in [0, 0.05) is 24.1 Å². The molecule has 1 atom stereocenters. The van der Waals surface area contributed by atoms with Crippen LogP contribution in [0.2, 0.25) is 10.0 Å². The summed E-state index contributed by atoms with van der Waals surface area (Å²) in [6, 6.07) is 7.10. The SMILES string of the molecule is COCC(C)n1c(C)cc(C(=O)COc2c(Cl)cccc2Cl)c1C. The highest BCUT2D eigenvalue weighted by Gasteiger charge is 2.19. The average molecular weight is 370 g/mol. The predicted octanol–water partition coefficient (Wildman–Crippen LogP) is 4.88. The first-order chi connectivity index (χ1) is 11.4. The molecular formula is C18H21Cl2NO3. The number of carbonyl (C=O) groups excluding carboxylic acids is 1. The average Bonchev–Trinajstić information content (AvgIpc) is 2.81. The summed E-state index contributed by atoms with van der Waals surface area (Å²) >= 11 is 12.1. The van der Waals surface area contributed by atoms with Crippen LogP contribution in [0.3, 0.4) is 0 Å². The van der Waals surface area contributed by atoms with Crippen molar-refractivity contribution in [3.63, 3.8) is 0 Å². The first-order valence-corrected chi connectivity index (χ1v) is 8.39. The van der Waals surface area contributed by atoms with Gasteiger partial charge in [-0.15, -0.1) is 0 Å². The van der Waals surface area contributed by atoms with E-state index in [0.717, 1.165) is 11.4 Å². The first kappa shape index (κ1) is 18.8. The summed E-state index contributed by atoms with van der Waals surface area (Å²) in [5.74, 6) is 0.214. The van der Waals surface area contributed by atoms with Crippen LogP contribution in [0.15, 0.2) is 24.3 Å². The molecule has 0 aliphatic heterocycles. The molecule has 130 valence electrons. The lowest BCUT2D eigenvalue weighted by atomic mass is 10.1. The van der Waals surface area contributed by atoms with Gasteiger partial charge in [-0.05, 0) is 39.0 Å². The van der Waals surface area contributed by atoms with Crippen molar-refractivity contribution in [2.45, 2.75) is 26.8 Å². The second-order valence-corrected chi connectivity index (χ2v) is 6.54. The number of ether oxygens (including phenoxy) is 2. The van der Waals surface area contributed by atoms with E-state index in [1.165, 1.54) is 0 Å². The van der Waals surface area contributed by atoms with Crippen molar-refractivity contribution in [2.24, 2.45) is 0 Å². The number of aromatic nitrogens is 1.